The molecule has 7 heteroatoms. The molecule has 0 bridgehead atoms. The van der Waals surface area contributed by atoms with Gasteiger partial charge < -0.3 is 5.32 Å². The van der Waals surface area contributed by atoms with Gasteiger partial charge in [-0.3, -0.25) is 9.78 Å². The number of nitrogens with zero attached hydrogens (tertiary/aromatic N) is 3. The van der Waals surface area contributed by atoms with Crippen molar-refractivity contribution < 1.29 is 4.79 Å². The second-order valence-corrected chi connectivity index (χ2v) is 8.09. The van der Waals surface area contributed by atoms with Crippen LogP contribution in [0.1, 0.15) is 21.1 Å². The van der Waals surface area contributed by atoms with E-state index >= 15 is 0 Å². The molecule has 4 aromatic rings. The molecular weight excluding hydrogens is 388 g/mol. The van der Waals surface area contributed by atoms with Gasteiger partial charge in [0.2, 0.25) is 0 Å². The quantitative estimate of drug-likeness (QED) is 0.452. The topological polar surface area (TPSA) is 67.8 Å². The summed E-state index contributed by atoms with van der Waals surface area (Å²) in [6.45, 7) is 0.613. The van der Waals surface area contributed by atoms with Crippen molar-refractivity contribution in [3.05, 3.63) is 76.3 Å². The number of amides is 1. The molecule has 140 valence electrons. The first-order chi connectivity index (χ1) is 13.8. The fourth-order valence-electron chi connectivity index (χ4n) is 2.70. The number of carbonyl (C=O) groups is 1. The van der Waals surface area contributed by atoms with Crippen molar-refractivity contribution in [3.8, 4) is 21.8 Å². The first-order valence-corrected chi connectivity index (χ1v) is 10.6. The van der Waals surface area contributed by atoms with Crippen LogP contribution in [0, 0.1) is 0 Å². The van der Waals surface area contributed by atoms with Crippen LogP contribution in [-0.4, -0.2) is 27.4 Å². The molecule has 1 amide bonds. The van der Waals surface area contributed by atoms with Crippen molar-refractivity contribution in [2.45, 2.75) is 12.8 Å². The van der Waals surface area contributed by atoms with Crippen LogP contribution in [0.4, 0.5) is 0 Å². The highest BCUT2D eigenvalue weighted by Crippen LogP contribution is 2.25. The molecular formula is C21H18N4OS2. The molecule has 0 spiro atoms. The second-order valence-electron chi connectivity index (χ2n) is 6.12. The second kappa shape index (κ2) is 8.86. The number of benzene rings is 1. The van der Waals surface area contributed by atoms with E-state index in [0.29, 0.717) is 11.4 Å². The number of thiazole rings is 2. The van der Waals surface area contributed by atoms with Crippen LogP contribution in [0.15, 0.2) is 66.4 Å². The van der Waals surface area contributed by atoms with Crippen molar-refractivity contribution in [2.24, 2.45) is 0 Å². The van der Waals surface area contributed by atoms with Crippen molar-refractivity contribution in [1.82, 2.24) is 20.3 Å². The molecule has 0 unspecified atom stereocenters. The fraction of sp³-hybridized carbons (Fsp3) is 0.143. The van der Waals surface area contributed by atoms with Gasteiger partial charge in [0.25, 0.3) is 5.91 Å². The van der Waals surface area contributed by atoms with Crippen LogP contribution < -0.4 is 5.32 Å². The molecule has 0 aliphatic heterocycles. The minimum atomic E-state index is -0.0729. The molecule has 5 nitrogen and oxygen atoms in total. The SMILES string of the molecule is O=C(NCCCc1nc(-c2ccncc2)cs1)c1cnc(-c2ccccc2)s1. The summed E-state index contributed by atoms with van der Waals surface area (Å²) in [5.74, 6) is -0.0729. The van der Waals surface area contributed by atoms with E-state index in [9.17, 15) is 4.79 Å². The summed E-state index contributed by atoms with van der Waals surface area (Å²) in [6, 6.07) is 13.8. The molecule has 28 heavy (non-hydrogen) atoms. The molecule has 0 fully saturated rings. The minimum absolute atomic E-state index is 0.0729. The van der Waals surface area contributed by atoms with Gasteiger partial charge >= 0.3 is 0 Å². The Kier molecular flexibility index (Phi) is 5.84. The fourth-order valence-corrected chi connectivity index (χ4v) is 4.39. The monoisotopic (exact) mass is 406 g/mol. The Hall–Kier alpha value is -2.90. The average molecular weight is 407 g/mol. The third kappa shape index (κ3) is 4.49. The summed E-state index contributed by atoms with van der Waals surface area (Å²) >= 11 is 3.06. The predicted molar refractivity (Wildman–Crippen MR) is 114 cm³/mol. The van der Waals surface area contributed by atoms with Gasteiger partial charge in [0.15, 0.2) is 0 Å². The van der Waals surface area contributed by atoms with E-state index in [2.05, 4.69) is 25.6 Å². The van der Waals surface area contributed by atoms with Crippen molar-refractivity contribution >= 4 is 28.6 Å². The van der Waals surface area contributed by atoms with E-state index in [0.717, 1.165) is 39.7 Å². The molecule has 0 saturated carbocycles. The maximum atomic E-state index is 12.3. The van der Waals surface area contributed by atoms with E-state index in [4.69, 9.17) is 0 Å². The summed E-state index contributed by atoms with van der Waals surface area (Å²) in [7, 11) is 0. The molecule has 1 N–H and O–H groups in total. The number of rotatable bonds is 7. The number of hydrogen-bond acceptors (Lipinski definition) is 6. The maximum absolute atomic E-state index is 12.3. The lowest BCUT2D eigenvalue weighted by Crippen LogP contribution is -2.23. The molecule has 3 aromatic heterocycles. The van der Waals surface area contributed by atoms with Crippen molar-refractivity contribution in [2.75, 3.05) is 6.54 Å². The number of aromatic nitrogens is 3. The van der Waals surface area contributed by atoms with Crippen molar-refractivity contribution in [3.63, 3.8) is 0 Å². The first kappa shape index (κ1) is 18.5. The third-order valence-electron chi connectivity index (χ3n) is 4.13. The summed E-state index contributed by atoms with van der Waals surface area (Å²) < 4.78 is 0. The Labute approximate surface area is 171 Å². The summed E-state index contributed by atoms with van der Waals surface area (Å²) in [5, 5.41) is 6.97. The van der Waals surface area contributed by atoms with Gasteiger partial charge in [0.1, 0.15) is 9.88 Å². The number of pyridine rings is 1. The van der Waals surface area contributed by atoms with Gasteiger partial charge in [-0.15, -0.1) is 22.7 Å². The molecule has 0 radical (unpaired) electrons. The first-order valence-electron chi connectivity index (χ1n) is 8.94. The van der Waals surface area contributed by atoms with Crippen LogP contribution in [0.3, 0.4) is 0 Å². The molecule has 3 heterocycles. The van der Waals surface area contributed by atoms with Gasteiger partial charge in [-0.05, 0) is 18.6 Å². The van der Waals surface area contributed by atoms with Crippen LogP contribution in [0.25, 0.3) is 21.8 Å². The van der Waals surface area contributed by atoms with Gasteiger partial charge in [0.05, 0.1) is 16.9 Å². The smallest absolute Gasteiger partial charge is 0.263 e. The van der Waals surface area contributed by atoms with Gasteiger partial charge in [-0.2, -0.15) is 0 Å². The van der Waals surface area contributed by atoms with Crippen molar-refractivity contribution in [1.29, 1.82) is 0 Å². The summed E-state index contributed by atoms with van der Waals surface area (Å²) in [6.07, 6.45) is 6.87. The highest BCUT2D eigenvalue weighted by Gasteiger charge is 2.11. The number of nitrogens with one attached hydrogen (secondary N) is 1. The lowest BCUT2D eigenvalue weighted by atomic mass is 10.2. The highest BCUT2D eigenvalue weighted by molar-refractivity contribution is 7.16. The van der Waals surface area contributed by atoms with Crippen LogP contribution in [0.5, 0.6) is 0 Å². The lowest BCUT2D eigenvalue weighted by molar-refractivity contribution is 0.0957. The normalized spacial score (nSPS) is 10.7. The van der Waals surface area contributed by atoms with E-state index < -0.39 is 0 Å². The minimum Gasteiger partial charge on any atom is -0.351 e. The van der Waals surface area contributed by atoms with Gasteiger partial charge in [-0.1, -0.05) is 30.3 Å². The standard InChI is InChI=1S/C21H18N4OS2/c26-20(18-13-24-21(28-18)16-5-2-1-3-6-16)23-10-4-7-19-25-17(14-27-19)15-8-11-22-12-9-15/h1-3,5-6,8-9,11-14H,4,7,10H2,(H,23,26). The lowest BCUT2D eigenvalue weighted by Gasteiger charge is -2.02. The van der Waals surface area contributed by atoms with E-state index in [1.807, 2.05) is 42.5 Å². The van der Waals surface area contributed by atoms with Gasteiger partial charge in [-0.25, -0.2) is 9.97 Å². The van der Waals surface area contributed by atoms with E-state index in [1.165, 1.54) is 11.3 Å². The zero-order chi connectivity index (χ0) is 19.2. The Bertz CT molecular complexity index is 1040. The van der Waals surface area contributed by atoms with Gasteiger partial charge in [0, 0.05) is 41.9 Å². The van der Waals surface area contributed by atoms with Crippen LogP contribution in [-0.2, 0) is 6.42 Å². The number of aryl methyl sites for hydroxylation is 1. The Balaban J connectivity index is 1.26. The van der Waals surface area contributed by atoms with Crippen LogP contribution in [0.2, 0.25) is 0 Å². The zero-order valence-corrected chi connectivity index (χ0v) is 16.7. The third-order valence-corrected chi connectivity index (χ3v) is 6.08. The van der Waals surface area contributed by atoms with E-state index in [1.54, 1.807) is 29.9 Å². The number of hydrogen-bond donors (Lipinski definition) is 1. The predicted octanol–water partition coefficient (Wildman–Crippen LogP) is 4.69. The molecule has 4 rings (SSSR count). The van der Waals surface area contributed by atoms with Crippen LogP contribution >= 0.6 is 22.7 Å². The maximum Gasteiger partial charge on any atom is 0.263 e. The summed E-state index contributed by atoms with van der Waals surface area (Å²) in [5.41, 5.74) is 3.08. The molecule has 0 aliphatic carbocycles. The number of carbonyl (C=O) groups excluding carboxylic acids is 1. The Morgan fingerprint density at radius 3 is 2.68 bits per heavy atom. The highest BCUT2D eigenvalue weighted by atomic mass is 32.1. The zero-order valence-electron chi connectivity index (χ0n) is 15.0. The molecule has 0 atom stereocenters. The molecule has 0 saturated heterocycles. The Morgan fingerprint density at radius 2 is 1.86 bits per heavy atom. The summed E-state index contributed by atoms with van der Waals surface area (Å²) in [4.78, 5) is 26.0. The molecule has 0 aliphatic rings. The Morgan fingerprint density at radius 1 is 1.04 bits per heavy atom. The largest absolute Gasteiger partial charge is 0.351 e. The molecule has 1 aromatic carbocycles. The van der Waals surface area contributed by atoms with E-state index in [-0.39, 0.29) is 5.91 Å². The average Bonchev–Trinajstić information content (AvgIpc) is 3.42.